The van der Waals surface area contributed by atoms with Crippen molar-refractivity contribution in [3.05, 3.63) is 68.8 Å². The standard InChI is InChI=1S/C12H13NO8.C6H5NO3.C6H10O6/c14-5-6-19-7-11(15)20-8-12(16)21-10-3-1-9(2-4-10)13(17)18;8-6-3-1-5(2-4-6)7(9)10;7-1-2-11-4-6(10)12-3-5(8)9/h1-4,14H,5-8H2;1-4,8H;7H,1-4H2,(H,8,9). The fraction of sp³-hybridized carbons (Fsp3) is 0.333. The van der Waals surface area contributed by atoms with Crippen molar-refractivity contribution in [2.45, 2.75) is 0 Å². The molecular formula is C24H28N2O17. The number of nitrogens with zero attached hydrogens (tertiary/aromatic N) is 2. The van der Waals surface area contributed by atoms with Crippen LogP contribution in [0.4, 0.5) is 11.4 Å². The molecule has 0 saturated carbocycles. The largest absolute Gasteiger partial charge is 0.508 e. The SMILES string of the molecule is O=C(COCCO)OCC(=O)Oc1ccc([N+](=O)[O-])cc1.O=C(O)COC(=O)COCCO.O=[N+]([O-])c1ccc(O)cc1. The number of rotatable bonds is 15. The Labute approximate surface area is 242 Å². The molecule has 0 unspecified atom stereocenters. The summed E-state index contributed by atoms with van der Waals surface area (Å²) in [6, 6.07) is 9.90. The Morgan fingerprint density at radius 3 is 1.47 bits per heavy atom. The number of nitro groups is 2. The normalized spacial score (nSPS) is 9.63. The zero-order valence-corrected chi connectivity index (χ0v) is 22.3. The highest BCUT2D eigenvalue weighted by Gasteiger charge is 2.11. The number of hydrogen-bond donors (Lipinski definition) is 4. The van der Waals surface area contributed by atoms with Crippen LogP contribution in [-0.4, -0.2) is 107 Å². The van der Waals surface area contributed by atoms with Crippen LogP contribution in [0, 0.1) is 20.2 Å². The molecule has 0 heterocycles. The maximum absolute atomic E-state index is 11.4. The number of aliphatic hydroxyl groups excluding tert-OH is 2. The molecule has 19 heteroatoms. The maximum Gasteiger partial charge on any atom is 0.349 e. The molecule has 0 fully saturated rings. The smallest absolute Gasteiger partial charge is 0.349 e. The van der Waals surface area contributed by atoms with Crippen molar-refractivity contribution in [2.24, 2.45) is 0 Å². The predicted molar refractivity (Wildman–Crippen MR) is 139 cm³/mol. The first-order chi connectivity index (χ1) is 20.4. The third kappa shape index (κ3) is 20.3. The highest BCUT2D eigenvalue weighted by molar-refractivity contribution is 5.78. The number of phenolic OH excluding ortho intramolecular Hbond substituents is 1. The number of aromatic hydroxyl groups is 1. The minimum atomic E-state index is -1.22. The van der Waals surface area contributed by atoms with Crippen molar-refractivity contribution in [1.29, 1.82) is 0 Å². The van der Waals surface area contributed by atoms with Gasteiger partial charge in [-0.3, -0.25) is 20.2 Å². The molecule has 0 saturated heterocycles. The lowest BCUT2D eigenvalue weighted by atomic mass is 10.3. The Morgan fingerprint density at radius 2 is 1.07 bits per heavy atom. The number of carbonyl (C=O) groups excluding carboxylic acids is 3. The van der Waals surface area contributed by atoms with Gasteiger partial charge in [-0.15, -0.1) is 0 Å². The lowest BCUT2D eigenvalue weighted by molar-refractivity contribution is -0.385. The van der Waals surface area contributed by atoms with E-state index in [9.17, 15) is 39.4 Å². The van der Waals surface area contributed by atoms with Crippen molar-refractivity contribution in [3.63, 3.8) is 0 Å². The van der Waals surface area contributed by atoms with Gasteiger partial charge in [-0.1, -0.05) is 0 Å². The average Bonchev–Trinajstić information content (AvgIpc) is 2.96. The zero-order valence-electron chi connectivity index (χ0n) is 22.3. The van der Waals surface area contributed by atoms with Gasteiger partial charge >= 0.3 is 23.9 Å². The quantitative estimate of drug-likeness (QED) is 0.0672. The molecule has 0 aliphatic carbocycles. The summed E-state index contributed by atoms with van der Waals surface area (Å²) < 4.78 is 22.8. The van der Waals surface area contributed by atoms with Gasteiger partial charge in [0.05, 0.1) is 36.3 Å². The molecule has 0 amide bonds. The van der Waals surface area contributed by atoms with Crippen LogP contribution >= 0.6 is 0 Å². The Balaban J connectivity index is 0.000000677. The van der Waals surface area contributed by atoms with E-state index in [1.54, 1.807) is 0 Å². The van der Waals surface area contributed by atoms with Crippen LogP contribution in [0.25, 0.3) is 0 Å². The molecule has 2 aromatic rings. The molecule has 0 aliphatic heterocycles. The van der Waals surface area contributed by atoms with E-state index in [4.69, 9.17) is 29.9 Å². The van der Waals surface area contributed by atoms with Crippen LogP contribution in [0.3, 0.4) is 0 Å². The number of esters is 3. The summed E-state index contributed by atoms with van der Waals surface area (Å²) in [5, 5.41) is 53.9. The minimum Gasteiger partial charge on any atom is -0.508 e. The molecule has 2 rings (SSSR count). The van der Waals surface area contributed by atoms with E-state index in [1.165, 1.54) is 48.5 Å². The number of hydrogen-bond acceptors (Lipinski definition) is 16. The van der Waals surface area contributed by atoms with Gasteiger partial charge in [-0.25, -0.2) is 19.2 Å². The lowest BCUT2D eigenvalue weighted by Gasteiger charge is -2.06. The second-order valence-corrected chi connectivity index (χ2v) is 7.27. The van der Waals surface area contributed by atoms with Crippen LogP contribution in [0.2, 0.25) is 0 Å². The number of carboxylic acids is 1. The number of ether oxygens (including phenoxy) is 5. The number of aliphatic hydroxyl groups is 2. The highest BCUT2D eigenvalue weighted by Crippen LogP contribution is 2.17. The first kappa shape index (κ1) is 37.8. The van der Waals surface area contributed by atoms with Gasteiger partial charge in [0.25, 0.3) is 11.4 Å². The van der Waals surface area contributed by atoms with Crippen molar-refractivity contribution < 1.29 is 73.1 Å². The monoisotopic (exact) mass is 616 g/mol. The third-order valence-corrected chi connectivity index (χ3v) is 3.96. The van der Waals surface area contributed by atoms with Gasteiger partial charge in [0.15, 0.2) is 13.2 Å². The van der Waals surface area contributed by atoms with Crippen molar-refractivity contribution in [2.75, 3.05) is 52.9 Å². The number of aliphatic carboxylic acids is 1. The first-order valence-corrected chi connectivity index (χ1v) is 11.7. The molecule has 0 aliphatic rings. The molecule has 43 heavy (non-hydrogen) atoms. The molecule has 0 atom stereocenters. The number of phenols is 1. The van der Waals surface area contributed by atoms with Gasteiger partial charge in [-0.05, 0) is 24.3 Å². The summed E-state index contributed by atoms with van der Waals surface area (Å²) in [5.74, 6) is -3.46. The van der Waals surface area contributed by atoms with E-state index in [0.717, 1.165) is 0 Å². The number of nitro benzene ring substituents is 2. The summed E-state index contributed by atoms with van der Waals surface area (Å²) in [6.45, 7) is -2.40. The summed E-state index contributed by atoms with van der Waals surface area (Å²) in [5.41, 5.74) is -0.153. The van der Waals surface area contributed by atoms with Gasteiger partial charge in [0, 0.05) is 24.3 Å². The fourth-order valence-corrected chi connectivity index (χ4v) is 2.18. The zero-order chi connectivity index (χ0) is 32.6. The molecule has 0 spiro atoms. The van der Waals surface area contributed by atoms with E-state index in [1.807, 2.05) is 0 Å². The number of carbonyl (C=O) groups is 4. The molecule has 0 bridgehead atoms. The van der Waals surface area contributed by atoms with E-state index in [0.29, 0.717) is 0 Å². The highest BCUT2D eigenvalue weighted by atomic mass is 16.6. The Morgan fingerprint density at radius 1 is 0.651 bits per heavy atom. The molecule has 4 N–H and O–H groups in total. The third-order valence-electron chi connectivity index (χ3n) is 3.96. The molecule has 0 radical (unpaired) electrons. The predicted octanol–water partition coefficient (Wildman–Crippen LogP) is -0.0242. The van der Waals surface area contributed by atoms with Crippen LogP contribution in [0.15, 0.2) is 48.5 Å². The van der Waals surface area contributed by atoms with Crippen LogP contribution in [0.1, 0.15) is 0 Å². The summed E-state index contributed by atoms with van der Waals surface area (Å²) in [4.78, 5) is 62.2. The summed E-state index contributed by atoms with van der Waals surface area (Å²) in [6.07, 6.45) is 0. The topological polar surface area (TPSA) is 282 Å². The Kier molecular flexibility index (Phi) is 19.7. The van der Waals surface area contributed by atoms with Crippen molar-refractivity contribution in [1.82, 2.24) is 0 Å². The van der Waals surface area contributed by atoms with E-state index in [2.05, 4.69) is 14.2 Å². The van der Waals surface area contributed by atoms with Crippen LogP contribution in [-0.2, 0) is 38.1 Å². The second-order valence-electron chi connectivity index (χ2n) is 7.27. The Bertz CT molecular complexity index is 1170. The lowest BCUT2D eigenvalue weighted by Crippen LogP contribution is -2.21. The number of carboxylic acid groups (broad SMARTS) is 1. The molecule has 2 aromatic carbocycles. The molecule has 236 valence electrons. The summed E-state index contributed by atoms with van der Waals surface area (Å²) >= 11 is 0. The van der Waals surface area contributed by atoms with Gasteiger partial charge in [0.2, 0.25) is 0 Å². The van der Waals surface area contributed by atoms with Crippen molar-refractivity contribution >= 4 is 35.3 Å². The summed E-state index contributed by atoms with van der Waals surface area (Å²) in [7, 11) is 0. The van der Waals surface area contributed by atoms with E-state index < -0.39 is 46.9 Å². The first-order valence-electron chi connectivity index (χ1n) is 11.7. The van der Waals surface area contributed by atoms with Crippen LogP contribution < -0.4 is 4.74 Å². The van der Waals surface area contributed by atoms with Gasteiger partial charge in [-0.2, -0.15) is 0 Å². The maximum atomic E-state index is 11.4. The number of non-ortho nitro benzene ring substituents is 2. The van der Waals surface area contributed by atoms with E-state index in [-0.39, 0.29) is 62.5 Å². The van der Waals surface area contributed by atoms with Crippen molar-refractivity contribution in [3.8, 4) is 11.5 Å². The Hall–Kier alpha value is -5.24. The number of benzene rings is 2. The minimum absolute atomic E-state index is 0.0116. The fourth-order valence-electron chi connectivity index (χ4n) is 2.18. The second kappa shape index (κ2) is 22.4. The molecule has 19 nitrogen and oxygen atoms in total. The molecule has 0 aromatic heterocycles. The van der Waals surface area contributed by atoms with Gasteiger partial charge < -0.3 is 44.1 Å². The average molecular weight is 616 g/mol. The van der Waals surface area contributed by atoms with Gasteiger partial charge in [0.1, 0.15) is 24.7 Å². The van der Waals surface area contributed by atoms with E-state index >= 15 is 0 Å². The molecular weight excluding hydrogens is 588 g/mol. The van der Waals surface area contributed by atoms with Crippen LogP contribution in [0.5, 0.6) is 11.5 Å².